The molecule has 0 saturated heterocycles. The second-order valence-electron chi connectivity index (χ2n) is 17.1. The maximum absolute atomic E-state index is 9.13. The minimum atomic E-state index is -5.53. The summed E-state index contributed by atoms with van der Waals surface area (Å²) in [6, 6.07) is 44.3. The van der Waals surface area contributed by atoms with E-state index in [9.17, 15) is 0 Å². The van der Waals surface area contributed by atoms with E-state index in [1.165, 1.54) is 66.8 Å². The number of hydrogen-bond acceptors (Lipinski definition) is 2. The molecule has 0 spiro atoms. The molecule has 2 aromatic heterocycles. The predicted molar refractivity (Wildman–Crippen MR) is 255 cm³/mol. The van der Waals surface area contributed by atoms with Crippen molar-refractivity contribution < 1.29 is 23.8 Å². The molecule has 2 unspecified atom stereocenters. The van der Waals surface area contributed by atoms with Gasteiger partial charge in [-0.15, -0.1) is 0 Å². The van der Waals surface area contributed by atoms with E-state index < -0.39 is 20.4 Å². The topological polar surface area (TPSA) is 26.3 Å². The van der Waals surface area contributed by atoms with Crippen molar-refractivity contribution in [1.82, 2.24) is 0 Å². The van der Waals surface area contributed by atoms with Crippen LogP contribution in [0.25, 0.3) is 67.1 Å². The van der Waals surface area contributed by atoms with Crippen molar-refractivity contribution in [2.45, 2.75) is 60.9 Å². The van der Waals surface area contributed by atoms with Crippen molar-refractivity contribution >= 4 is 67.3 Å². The summed E-state index contributed by atoms with van der Waals surface area (Å²) in [5.74, 6) is 1.71. The van der Waals surface area contributed by atoms with Gasteiger partial charge in [0.15, 0.2) is 0 Å². The van der Waals surface area contributed by atoms with Crippen LogP contribution in [0.1, 0.15) is 77.1 Å². The number of allylic oxidation sites excluding steroid dienone is 2. The first kappa shape index (κ1) is 39.7. The molecule has 0 saturated carbocycles. The molecule has 6 aromatic carbocycles. The molecule has 0 bridgehead atoms. The summed E-state index contributed by atoms with van der Waals surface area (Å²) < 4.78 is 12.9. The average Bonchev–Trinajstić information content (AvgIpc) is 4.07. The van der Waals surface area contributed by atoms with Gasteiger partial charge in [0, 0.05) is 0 Å². The Labute approximate surface area is 361 Å². The van der Waals surface area contributed by atoms with Gasteiger partial charge in [-0.1, -0.05) is 0 Å². The van der Waals surface area contributed by atoms with E-state index >= 15 is 0 Å². The van der Waals surface area contributed by atoms with Gasteiger partial charge in [0.05, 0.1) is 0 Å². The van der Waals surface area contributed by atoms with Crippen LogP contribution in [0, 0.1) is 13.8 Å². The fourth-order valence-corrected chi connectivity index (χ4v) is 38.0. The minimum absolute atomic E-state index is 0.272. The van der Waals surface area contributed by atoms with Crippen LogP contribution in [-0.4, -0.2) is 5.43 Å². The van der Waals surface area contributed by atoms with Gasteiger partial charge < -0.3 is 0 Å². The molecule has 2 nitrogen and oxygen atoms in total. The number of aryl methyl sites for hydroxylation is 4. The Morgan fingerprint density at radius 1 is 0.533 bits per heavy atom. The summed E-state index contributed by atoms with van der Waals surface area (Å²) in [5.41, 5.74) is 15.4. The molecule has 0 amide bonds. The van der Waals surface area contributed by atoms with E-state index in [0.717, 1.165) is 57.1 Å². The third-order valence-corrected chi connectivity index (χ3v) is 59.9. The zero-order valence-corrected chi connectivity index (χ0v) is 40.0. The molecule has 0 radical (unpaired) electrons. The third kappa shape index (κ3) is 5.96. The summed E-state index contributed by atoms with van der Waals surface area (Å²) in [7, 11) is 18.3. The average molecular weight is 919 g/mol. The van der Waals surface area contributed by atoms with Gasteiger partial charge >= 0.3 is 364 Å². The van der Waals surface area contributed by atoms with E-state index in [0.29, 0.717) is 0 Å². The van der Waals surface area contributed by atoms with Gasteiger partial charge in [0.2, 0.25) is 0 Å². The monoisotopic (exact) mass is 916 g/mol. The Morgan fingerprint density at radius 2 is 0.933 bits per heavy atom. The molecule has 0 aliphatic heterocycles. The summed E-state index contributed by atoms with van der Waals surface area (Å²) in [6.07, 6.45) is 10.5. The van der Waals surface area contributed by atoms with E-state index in [1.54, 1.807) is 0 Å². The SMILES string of the molecule is CCc1ccc(-c2c(C)ccc3c2C=C(c2occ4ccccc24)[CH]3[Zr]([Cl])([Cl])([CH]2C(c3occ4ccccc34)=Cc3c2ccc(C)c3-c2ccc(CC)cc2)=[Si](C)C)cc1. The quantitative estimate of drug-likeness (QED) is 0.142. The Bertz CT molecular complexity index is 2970. The predicted octanol–water partition coefficient (Wildman–Crippen LogP) is 16.4. The Hall–Kier alpha value is -4.44. The number of fused-ring (bicyclic) bond motifs is 4. The summed E-state index contributed by atoms with van der Waals surface area (Å²) in [5, 5.41) is 4.28. The van der Waals surface area contributed by atoms with Crippen LogP contribution < -0.4 is 0 Å². The number of rotatable bonds is 8. The number of hydrogen-bond donors (Lipinski definition) is 0. The van der Waals surface area contributed by atoms with Gasteiger partial charge in [-0.2, -0.15) is 0 Å². The summed E-state index contributed by atoms with van der Waals surface area (Å²) in [4.78, 5) is 0. The fraction of sp³-hybridized carbons (Fsp3) is 0.185. The first-order chi connectivity index (χ1) is 29.0. The van der Waals surface area contributed by atoms with E-state index in [-0.39, 0.29) is 7.25 Å². The Kier molecular flexibility index (Phi) is 9.84. The van der Waals surface area contributed by atoms with Crippen LogP contribution in [0.4, 0.5) is 0 Å². The van der Waals surface area contributed by atoms with Crippen LogP contribution >= 0.6 is 17.0 Å². The van der Waals surface area contributed by atoms with Crippen LogP contribution in [-0.2, 0) is 27.9 Å². The standard InChI is InChI=1S/2C26H21O.C2H6Si.2ClH.Zr/c2*1-3-18-9-12-19(13-10-18)25-17(2)8-11-20-14-22(15-24(20)25)26-23-7-5-4-6-21(23)16-27-26;1-3-2;;;/h2*4-16H,3H2,1-2H3;1-2H3;2*1H;/q;;;;;+2/p-2. The van der Waals surface area contributed by atoms with Gasteiger partial charge in [0.1, 0.15) is 0 Å². The molecule has 2 heterocycles. The van der Waals surface area contributed by atoms with E-state index in [4.69, 9.17) is 25.9 Å². The molecule has 2 aliphatic rings. The molecule has 0 fully saturated rings. The van der Waals surface area contributed by atoms with Gasteiger partial charge in [0.25, 0.3) is 0 Å². The molecule has 60 heavy (non-hydrogen) atoms. The number of benzene rings is 6. The van der Waals surface area contributed by atoms with Crippen LogP contribution in [0.2, 0.25) is 13.1 Å². The van der Waals surface area contributed by atoms with Crippen LogP contribution in [0.15, 0.2) is 143 Å². The summed E-state index contributed by atoms with van der Waals surface area (Å²) in [6.45, 7) is 13.6. The zero-order valence-electron chi connectivity index (χ0n) is 35.0. The fourth-order valence-electron chi connectivity index (χ4n) is 10.4. The number of halogens is 2. The molecular weight excluding hydrogens is 871 g/mol. The van der Waals surface area contributed by atoms with Gasteiger partial charge in [-0.05, 0) is 0 Å². The molecule has 2 atom stereocenters. The van der Waals surface area contributed by atoms with E-state index in [2.05, 4.69) is 174 Å². The zero-order chi connectivity index (χ0) is 41.5. The molecule has 298 valence electrons. The Balaban J connectivity index is 1.30. The van der Waals surface area contributed by atoms with E-state index in [1.807, 2.05) is 12.5 Å². The molecule has 2 aliphatic carbocycles. The van der Waals surface area contributed by atoms with Crippen molar-refractivity contribution in [2.24, 2.45) is 0 Å². The second-order valence-corrected chi connectivity index (χ2v) is 55.9. The van der Waals surface area contributed by atoms with Crippen molar-refractivity contribution in [2.75, 3.05) is 0 Å². The van der Waals surface area contributed by atoms with Crippen molar-refractivity contribution in [3.63, 3.8) is 0 Å². The summed E-state index contributed by atoms with van der Waals surface area (Å²) >= 11 is -5.53. The normalized spacial score (nSPS) is 16.3. The first-order valence-corrected chi connectivity index (χ1v) is 36.6. The van der Waals surface area contributed by atoms with Gasteiger partial charge in [-0.3, -0.25) is 0 Å². The van der Waals surface area contributed by atoms with Crippen LogP contribution in [0.3, 0.4) is 0 Å². The third-order valence-electron chi connectivity index (χ3n) is 13.7. The Morgan fingerprint density at radius 3 is 1.32 bits per heavy atom. The molecule has 8 aromatic rings. The second kappa shape index (κ2) is 14.9. The molecular formula is C54H48Cl2O2SiZr. The first-order valence-electron chi connectivity index (χ1n) is 21.2. The van der Waals surface area contributed by atoms with Crippen LogP contribution in [0.5, 0.6) is 0 Å². The van der Waals surface area contributed by atoms with Crippen molar-refractivity contribution in [3.8, 4) is 22.3 Å². The maximum atomic E-state index is 9.13. The molecule has 10 rings (SSSR count). The molecule has 0 N–H and O–H groups in total. The molecule has 6 heteroatoms. The van der Waals surface area contributed by atoms with Crippen molar-refractivity contribution in [3.05, 3.63) is 190 Å². The van der Waals surface area contributed by atoms with Crippen molar-refractivity contribution in [1.29, 1.82) is 0 Å². The number of furan rings is 2. The van der Waals surface area contributed by atoms with Gasteiger partial charge in [-0.25, -0.2) is 0 Å².